The van der Waals surface area contributed by atoms with Gasteiger partial charge in [-0.1, -0.05) is 36.4 Å². The molecule has 2 aromatic carbocycles. The molecule has 0 spiro atoms. The zero-order valence-corrected chi connectivity index (χ0v) is 13.9. The van der Waals surface area contributed by atoms with Crippen LogP contribution in [0.3, 0.4) is 0 Å². The largest absolute Gasteiger partial charge is 0.481 e. The van der Waals surface area contributed by atoms with Gasteiger partial charge >= 0.3 is 5.97 Å². The second-order valence-corrected chi connectivity index (χ2v) is 6.38. The molecular formula is C18H19NO3S. The van der Waals surface area contributed by atoms with Gasteiger partial charge in [-0.25, -0.2) is 0 Å². The van der Waals surface area contributed by atoms with Crippen molar-refractivity contribution in [2.24, 2.45) is 0 Å². The number of carboxylic acids is 1. The highest BCUT2D eigenvalue weighted by Crippen LogP contribution is 2.30. The number of rotatable bonds is 6. The molecule has 0 saturated carbocycles. The molecule has 1 atom stereocenters. The summed E-state index contributed by atoms with van der Waals surface area (Å²) in [5.74, 6) is -1.28. The molecule has 2 rings (SSSR count). The SMILES string of the molecule is Cc1ccc(NC(=O)[C@H](SCC(=O)O)c2ccccc2)cc1C. The summed E-state index contributed by atoms with van der Waals surface area (Å²) >= 11 is 1.11. The number of hydrogen-bond donors (Lipinski definition) is 2. The Bertz CT molecular complexity index is 701. The van der Waals surface area contributed by atoms with Gasteiger partial charge in [-0.3, -0.25) is 9.59 Å². The number of anilines is 1. The van der Waals surface area contributed by atoms with E-state index in [1.54, 1.807) is 0 Å². The number of benzene rings is 2. The van der Waals surface area contributed by atoms with Gasteiger partial charge in [0, 0.05) is 5.69 Å². The van der Waals surface area contributed by atoms with Crippen LogP contribution in [-0.2, 0) is 9.59 Å². The highest BCUT2D eigenvalue weighted by molar-refractivity contribution is 8.00. The summed E-state index contributed by atoms with van der Waals surface area (Å²) < 4.78 is 0. The van der Waals surface area contributed by atoms with E-state index in [9.17, 15) is 9.59 Å². The van der Waals surface area contributed by atoms with Crippen LogP contribution in [0.25, 0.3) is 0 Å². The van der Waals surface area contributed by atoms with E-state index in [0.717, 1.165) is 34.1 Å². The average Bonchev–Trinajstić information content (AvgIpc) is 2.52. The van der Waals surface area contributed by atoms with Crippen LogP contribution in [0.4, 0.5) is 5.69 Å². The summed E-state index contributed by atoms with van der Waals surface area (Å²) in [6, 6.07) is 14.9. The molecule has 0 aliphatic heterocycles. The van der Waals surface area contributed by atoms with Crippen LogP contribution in [0.5, 0.6) is 0 Å². The quantitative estimate of drug-likeness (QED) is 0.846. The summed E-state index contributed by atoms with van der Waals surface area (Å²) in [6.07, 6.45) is 0. The van der Waals surface area contributed by atoms with Gasteiger partial charge in [0.1, 0.15) is 5.25 Å². The maximum absolute atomic E-state index is 12.6. The number of thioether (sulfide) groups is 1. The first-order valence-corrected chi connectivity index (χ1v) is 8.28. The van der Waals surface area contributed by atoms with Crippen LogP contribution in [0, 0.1) is 13.8 Å². The van der Waals surface area contributed by atoms with Crippen molar-refractivity contribution in [2.75, 3.05) is 11.1 Å². The van der Waals surface area contributed by atoms with Crippen molar-refractivity contribution in [2.45, 2.75) is 19.1 Å². The minimum absolute atomic E-state index is 0.125. The van der Waals surface area contributed by atoms with E-state index < -0.39 is 11.2 Å². The molecule has 0 bridgehead atoms. The molecule has 0 aliphatic rings. The molecule has 5 heteroatoms. The van der Waals surface area contributed by atoms with E-state index >= 15 is 0 Å². The molecule has 0 heterocycles. The minimum Gasteiger partial charge on any atom is -0.481 e. The number of amides is 1. The summed E-state index contributed by atoms with van der Waals surface area (Å²) in [4.78, 5) is 23.4. The van der Waals surface area contributed by atoms with E-state index in [-0.39, 0.29) is 11.7 Å². The Morgan fingerprint density at radius 2 is 1.78 bits per heavy atom. The second kappa shape index (κ2) is 7.83. The summed E-state index contributed by atoms with van der Waals surface area (Å²) in [5.41, 5.74) is 3.76. The summed E-state index contributed by atoms with van der Waals surface area (Å²) in [5, 5.41) is 11.2. The van der Waals surface area contributed by atoms with Crippen molar-refractivity contribution >= 4 is 29.3 Å². The smallest absolute Gasteiger partial charge is 0.313 e. The van der Waals surface area contributed by atoms with Crippen LogP contribution in [0.2, 0.25) is 0 Å². The Morgan fingerprint density at radius 3 is 2.39 bits per heavy atom. The first-order valence-electron chi connectivity index (χ1n) is 7.24. The fourth-order valence-electron chi connectivity index (χ4n) is 2.13. The lowest BCUT2D eigenvalue weighted by Crippen LogP contribution is -2.20. The third-order valence-electron chi connectivity index (χ3n) is 3.49. The fraction of sp³-hybridized carbons (Fsp3) is 0.222. The predicted octanol–water partition coefficient (Wildman–Crippen LogP) is 3.80. The molecule has 0 fully saturated rings. The van der Waals surface area contributed by atoms with Crippen molar-refractivity contribution in [1.29, 1.82) is 0 Å². The maximum Gasteiger partial charge on any atom is 0.313 e. The third-order valence-corrected chi connectivity index (χ3v) is 4.72. The number of aliphatic carboxylic acids is 1. The zero-order chi connectivity index (χ0) is 16.8. The first kappa shape index (κ1) is 17.1. The molecule has 2 aromatic rings. The molecule has 0 radical (unpaired) electrons. The molecule has 0 saturated heterocycles. The van der Waals surface area contributed by atoms with E-state index in [4.69, 9.17) is 5.11 Å². The summed E-state index contributed by atoms with van der Waals surface area (Å²) in [6.45, 7) is 4.00. The van der Waals surface area contributed by atoms with Gasteiger partial charge in [0.2, 0.25) is 5.91 Å². The van der Waals surface area contributed by atoms with Gasteiger partial charge in [0.05, 0.1) is 5.75 Å². The van der Waals surface area contributed by atoms with Crippen molar-refractivity contribution < 1.29 is 14.7 Å². The Kier molecular flexibility index (Phi) is 5.82. The van der Waals surface area contributed by atoms with Crippen molar-refractivity contribution in [3.63, 3.8) is 0 Å². The van der Waals surface area contributed by atoms with E-state index in [1.165, 1.54) is 0 Å². The number of hydrogen-bond acceptors (Lipinski definition) is 3. The number of aryl methyl sites for hydroxylation is 2. The molecule has 1 amide bonds. The van der Waals surface area contributed by atoms with Crippen molar-refractivity contribution in [1.82, 2.24) is 0 Å². The van der Waals surface area contributed by atoms with Crippen LogP contribution in [0.1, 0.15) is 21.9 Å². The zero-order valence-electron chi connectivity index (χ0n) is 13.1. The summed E-state index contributed by atoms with van der Waals surface area (Å²) in [7, 11) is 0. The van der Waals surface area contributed by atoms with Gasteiger partial charge in [-0.05, 0) is 42.7 Å². The lowest BCUT2D eigenvalue weighted by atomic mass is 10.1. The molecule has 4 nitrogen and oxygen atoms in total. The lowest BCUT2D eigenvalue weighted by Gasteiger charge is -2.16. The Morgan fingerprint density at radius 1 is 1.09 bits per heavy atom. The van der Waals surface area contributed by atoms with Crippen LogP contribution in [0.15, 0.2) is 48.5 Å². The molecule has 0 aliphatic carbocycles. The van der Waals surface area contributed by atoms with Crippen LogP contribution >= 0.6 is 11.8 Å². The Hall–Kier alpha value is -2.27. The van der Waals surface area contributed by atoms with E-state index in [2.05, 4.69) is 5.32 Å². The Labute approximate surface area is 139 Å². The number of nitrogens with one attached hydrogen (secondary N) is 1. The maximum atomic E-state index is 12.6. The number of carbonyl (C=O) groups excluding carboxylic acids is 1. The highest BCUT2D eigenvalue weighted by Gasteiger charge is 2.22. The van der Waals surface area contributed by atoms with Gasteiger partial charge in [-0.2, -0.15) is 0 Å². The number of carbonyl (C=O) groups is 2. The Balaban J connectivity index is 2.18. The minimum atomic E-state index is -0.935. The second-order valence-electron chi connectivity index (χ2n) is 5.28. The third kappa shape index (κ3) is 4.86. The molecule has 120 valence electrons. The topological polar surface area (TPSA) is 66.4 Å². The normalized spacial score (nSPS) is 11.7. The van der Waals surface area contributed by atoms with E-state index in [0.29, 0.717) is 0 Å². The van der Waals surface area contributed by atoms with Gasteiger partial charge in [0.25, 0.3) is 0 Å². The molecule has 0 unspecified atom stereocenters. The van der Waals surface area contributed by atoms with Gasteiger partial charge < -0.3 is 10.4 Å². The van der Waals surface area contributed by atoms with Crippen molar-refractivity contribution in [3.8, 4) is 0 Å². The standard InChI is InChI=1S/C18H19NO3S/c1-12-8-9-15(10-13(12)2)19-18(22)17(23-11-16(20)21)14-6-4-3-5-7-14/h3-10,17H,11H2,1-2H3,(H,19,22)(H,20,21)/t17-/m1/s1. The average molecular weight is 329 g/mol. The molecule has 23 heavy (non-hydrogen) atoms. The molecule has 0 aromatic heterocycles. The predicted molar refractivity (Wildman–Crippen MR) is 93.8 cm³/mol. The van der Waals surface area contributed by atoms with Gasteiger partial charge in [0.15, 0.2) is 0 Å². The monoisotopic (exact) mass is 329 g/mol. The van der Waals surface area contributed by atoms with E-state index in [1.807, 2.05) is 62.4 Å². The molecular weight excluding hydrogens is 310 g/mol. The number of carboxylic acid groups (broad SMARTS) is 1. The molecule has 2 N–H and O–H groups in total. The fourth-order valence-corrected chi connectivity index (χ4v) is 3.00. The first-order chi connectivity index (χ1) is 11.0. The van der Waals surface area contributed by atoms with Crippen molar-refractivity contribution in [3.05, 3.63) is 65.2 Å². The highest BCUT2D eigenvalue weighted by atomic mass is 32.2. The lowest BCUT2D eigenvalue weighted by molar-refractivity contribution is -0.133. The van der Waals surface area contributed by atoms with Crippen LogP contribution < -0.4 is 5.32 Å². The van der Waals surface area contributed by atoms with Gasteiger partial charge in [-0.15, -0.1) is 11.8 Å². The van der Waals surface area contributed by atoms with Crippen LogP contribution in [-0.4, -0.2) is 22.7 Å².